The van der Waals surface area contributed by atoms with E-state index in [1.54, 1.807) is 10.8 Å². The number of hydrogen-bond donors (Lipinski definition) is 3. The number of hydrogen-bond acceptors (Lipinski definition) is 5. The fourth-order valence-electron chi connectivity index (χ4n) is 0.865. The molecule has 0 aromatic heterocycles. The fraction of sp³-hybridized carbons (Fsp3) is 0.800. The summed E-state index contributed by atoms with van der Waals surface area (Å²) in [5.41, 5.74) is 0. The molecular formula is C10H20N2O2S3. The van der Waals surface area contributed by atoms with Crippen LogP contribution in [0.15, 0.2) is 0 Å². The van der Waals surface area contributed by atoms with E-state index in [4.69, 9.17) is 0 Å². The molecular weight excluding hydrogens is 276 g/mol. The summed E-state index contributed by atoms with van der Waals surface area (Å²) < 4.78 is 0. The molecule has 17 heavy (non-hydrogen) atoms. The molecule has 0 aliphatic rings. The van der Waals surface area contributed by atoms with Crippen LogP contribution in [-0.2, 0) is 9.59 Å². The van der Waals surface area contributed by atoms with Crippen LogP contribution in [0.3, 0.4) is 0 Å². The fourth-order valence-corrected chi connectivity index (χ4v) is 3.11. The van der Waals surface area contributed by atoms with Gasteiger partial charge in [0.1, 0.15) is 0 Å². The molecule has 0 aromatic rings. The molecule has 2 amide bonds. The van der Waals surface area contributed by atoms with Crippen LogP contribution in [0.1, 0.15) is 19.8 Å². The van der Waals surface area contributed by atoms with E-state index >= 15 is 0 Å². The van der Waals surface area contributed by atoms with Gasteiger partial charge in [0.15, 0.2) is 0 Å². The lowest BCUT2D eigenvalue weighted by atomic mass is 10.4. The van der Waals surface area contributed by atoms with Crippen molar-refractivity contribution in [3.05, 3.63) is 0 Å². The predicted molar refractivity (Wildman–Crippen MR) is 79.7 cm³/mol. The smallest absolute Gasteiger partial charge is 0.239 e. The minimum absolute atomic E-state index is 0.0549. The lowest BCUT2D eigenvalue weighted by Crippen LogP contribution is -2.37. The molecule has 0 fully saturated rings. The lowest BCUT2D eigenvalue weighted by Gasteiger charge is -2.06. The number of thiol groups is 1. The van der Waals surface area contributed by atoms with Crippen molar-refractivity contribution in [2.75, 3.05) is 30.3 Å². The highest BCUT2D eigenvalue weighted by Crippen LogP contribution is 2.20. The molecule has 2 N–H and O–H groups in total. The van der Waals surface area contributed by atoms with Gasteiger partial charge in [-0.25, -0.2) is 0 Å². The summed E-state index contributed by atoms with van der Waals surface area (Å²) >= 11 is 3.93. The van der Waals surface area contributed by atoms with Crippen molar-refractivity contribution in [3.8, 4) is 0 Å². The summed E-state index contributed by atoms with van der Waals surface area (Å²) in [5, 5.41) is 5.28. The largest absolute Gasteiger partial charge is 0.354 e. The third-order valence-corrected chi connectivity index (χ3v) is 4.50. The quantitative estimate of drug-likeness (QED) is 0.323. The van der Waals surface area contributed by atoms with Crippen molar-refractivity contribution in [2.45, 2.75) is 19.8 Å². The van der Waals surface area contributed by atoms with E-state index in [1.807, 2.05) is 10.8 Å². The second-order valence-electron chi connectivity index (χ2n) is 3.24. The number of amides is 2. The van der Waals surface area contributed by atoms with Crippen molar-refractivity contribution in [3.63, 3.8) is 0 Å². The Kier molecular flexibility index (Phi) is 12.4. The summed E-state index contributed by atoms with van der Waals surface area (Å²) in [6.45, 7) is 2.84. The second-order valence-corrected chi connectivity index (χ2v) is 6.39. The van der Waals surface area contributed by atoms with E-state index in [0.717, 1.165) is 11.5 Å². The Morgan fingerprint density at radius 3 is 2.47 bits per heavy atom. The number of carbonyl (C=O) groups is 2. The zero-order valence-electron chi connectivity index (χ0n) is 10.0. The molecule has 0 bridgehead atoms. The van der Waals surface area contributed by atoms with Crippen LogP contribution in [0, 0.1) is 0 Å². The van der Waals surface area contributed by atoms with E-state index < -0.39 is 0 Å². The van der Waals surface area contributed by atoms with Gasteiger partial charge < -0.3 is 10.6 Å². The normalized spacial score (nSPS) is 10.0. The van der Waals surface area contributed by atoms with Gasteiger partial charge in [0, 0.05) is 24.5 Å². The Hall–Kier alpha value is -0.0100. The summed E-state index contributed by atoms with van der Waals surface area (Å²) in [4.78, 5) is 22.3. The van der Waals surface area contributed by atoms with E-state index in [1.165, 1.54) is 6.42 Å². The van der Waals surface area contributed by atoms with E-state index in [-0.39, 0.29) is 18.4 Å². The van der Waals surface area contributed by atoms with Crippen LogP contribution in [0.5, 0.6) is 0 Å². The monoisotopic (exact) mass is 296 g/mol. The van der Waals surface area contributed by atoms with E-state index in [2.05, 4.69) is 30.2 Å². The first kappa shape index (κ1) is 17.0. The first-order chi connectivity index (χ1) is 8.20. The van der Waals surface area contributed by atoms with Gasteiger partial charge in [-0.15, -0.1) is 0 Å². The van der Waals surface area contributed by atoms with Crippen molar-refractivity contribution in [1.29, 1.82) is 0 Å². The Labute approximate surface area is 116 Å². The van der Waals surface area contributed by atoms with Crippen molar-refractivity contribution >= 4 is 46.0 Å². The zero-order valence-corrected chi connectivity index (χ0v) is 12.6. The van der Waals surface area contributed by atoms with Crippen LogP contribution in [0.25, 0.3) is 0 Å². The van der Waals surface area contributed by atoms with Crippen LogP contribution < -0.4 is 10.6 Å². The molecule has 0 atom stereocenters. The van der Waals surface area contributed by atoms with Gasteiger partial charge in [0.05, 0.1) is 6.54 Å². The minimum Gasteiger partial charge on any atom is -0.354 e. The maximum atomic E-state index is 11.3. The van der Waals surface area contributed by atoms with Crippen LogP contribution in [-0.4, -0.2) is 42.2 Å². The van der Waals surface area contributed by atoms with E-state index in [9.17, 15) is 9.59 Å². The average Bonchev–Trinajstić information content (AvgIpc) is 2.31. The minimum atomic E-state index is -0.140. The number of nitrogens with one attached hydrogen (secondary N) is 2. The summed E-state index contributed by atoms with van der Waals surface area (Å²) in [5.74, 6) is 2.25. The molecule has 0 heterocycles. The average molecular weight is 296 g/mol. The van der Waals surface area contributed by atoms with E-state index in [0.29, 0.717) is 18.7 Å². The Morgan fingerprint density at radius 1 is 1.12 bits per heavy atom. The molecule has 0 saturated carbocycles. The topological polar surface area (TPSA) is 58.2 Å². The van der Waals surface area contributed by atoms with Gasteiger partial charge in [-0.1, -0.05) is 28.5 Å². The summed E-state index contributed by atoms with van der Waals surface area (Å²) in [6, 6.07) is 0. The molecule has 0 spiro atoms. The molecule has 4 nitrogen and oxygen atoms in total. The Balaban J connectivity index is 3.31. The Morgan fingerprint density at radius 2 is 1.82 bits per heavy atom. The van der Waals surface area contributed by atoms with Gasteiger partial charge in [-0.2, -0.15) is 12.6 Å². The maximum absolute atomic E-state index is 11.3. The highest BCUT2D eigenvalue weighted by Gasteiger charge is 2.03. The number of carbonyl (C=O) groups excluding carboxylic acids is 2. The molecule has 100 valence electrons. The van der Waals surface area contributed by atoms with Crippen LogP contribution in [0.2, 0.25) is 0 Å². The third kappa shape index (κ3) is 12.2. The predicted octanol–water partition coefficient (Wildman–Crippen LogP) is 1.33. The van der Waals surface area contributed by atoms with Gasteiger partial charge in [-0.05, 0) is 12.2 Å². The first-order valence-corrected chi connectivity index (χ1v) is 8.71. The highest BCUT2D eigenvalue weighted by molar-refractivity contribution is 8.76. The molecule has 0 saturated heterocycles. The molecule has 0 rings (SSSR count). The highest BCUT2D eigenvalue weighted by atomic mass is 33.1. The van der Waals surface area contributed by atoms with Crippen LogP contribution >= 0.6 is 34.2 Å². The third-order valence-electron chi connectivity index (χ3n) is 1.66. The zero-order chi connectivity index (χ0) is 12.9. The first-order valence-electron chi connectivity index (χ1n) is 5.59. The van der Waals surface area contributed by atoms with Crippen molar-refractivity contribution < 1.29 is 9.59 Å². The molecule has 0 unspecified atom stereocenters. The molecule has 0 aliphatic carbocycles. The van der Waals surface area contributed by atoms with Crippen LogP contribution in [0.4, 0.5) is 0 Å². The van der Waals surface area contributed by atoms with Crippen molar-refractivity contribution in [1.82, 2.24) is 10.6 Å². The summed E-state index contributed by atoms with van der Waals surface area (Å²) in [7, 11) is 3.57. The Bertz CT molecular complexity index is 228. The standard InChI is InChI=1S/C10H20N2O2S3/c1-2-6-16-17-7-4-11-10(14)8-12-9(13)3-5-15/h15H,2-8H2,1H3,(H,11,14)(H,12,13). The van der Waals surface area contributed by atoms with Gasteiger partial charge in [-0.3, -0.25) is 9.59 Å². The maximum Gasteiger partial charge on any atom is 0.239 e. The van der Waals surface area contributed by atoms with Gasteiger partial charge >= 0.3 is 0 Å². The molecule has 0 radical (unpaired) electrons. The van der Waals surface area contributed by atoms with Crippen molar-refractivity contribution in [2.24, 2.45) is 0 Å². The van der Waals surface area contributed by atoms with Gasteiger partial charge in [0.25, 0.3) is 0 Å². The SMILES string of the molecule is CCCSSCCNC(=O)CNC(=O)CCS. The van der Waals surface area contributed by atoms with Gasteiger partial charge in [0.2, 0.25) is 11.8 Å². The lowest BCUT2D eigenvalue weighted by molar-refractivity contribution is -0.125. The summed E-state index contributed by atoms with van der Waals surface area (Å²) in [6.07, 6.45) is 1.51. The second kappa shape index (κ2) is 12.4. The number of rotatable bonds is 10. The molecule has 0 aromatic carbocycles. The molecule has 7 heteroatoms. The molecule has 0 aliphatic heterocycles.